The molecule has 0 amide bonds. The highest BCUT2D eigenvalue weighted by molar-refractivity contribution is 5.51. The number of benzene rings is 1. The fourth-order valence-electron chi connectivity index (χ4n) is 1.000. The van der Waals surface area contributed by atoms with Crippen molar-refractivity contribution in [2.45, 2.75) is 19.4 Å². The smallest absolute Gasteiger partial charge is 0.129 e. The molecule has 0 spiro atoms. The van der Waals surface area contributed by atoms with E-state index in [1.54, 1.807) is 19.1 Å². The second-order valence-electron chi connectivity index (χ2n) is 2.86. The van der Waals surface area contributed by atoms with Gasteiger partial charge in [0.2, 0.25) is 0 Å². The third-order valence-corrected chi connectivity index (χ3v) is 1.81. The van der Waals surface area contributed by atoms with Gasteiger partial charge in [-0.2, -0.15) is 0 Å². The highest BCUT2D eigenvalue weighted by Crippen LogP contribution is 2.12. The first-order chi connectivity index (χ1) is 6.24. The Kier molecular flexibility index (Phi) is 3.65. The zero-order chi connectivity index (χ0) is 9.68. The van der Waals surface area contributed by atoms with Crippen LogP contribution in [0, 0.1) is 0 Å². The van der Waals surface area contributed by atoms with Crippen molar-refractivity contribution >= 4 is 6.08 Å². The molecule has 0 bridgehead atoms. The van der Waals surface area contributed by atoms with E-state index in [4.69, 9.17) is 5.11 Å². The van der Waals surface area contributed by atoms with E-state index >= 15 is 0 Å². The molecule has 1 aromatic rings. The maximum Gasteiger partial charge on any atom is 0.129 e. The second kappa shape index (κ2) is 4.77. The fourth-order valence-corrected chi connectivity index (χ4v) is 1.000. The second-order valence-corrected chi connectivity index (χ2v) is 2.86. The van der Waals surface area contributed by atoms with Crippen LogP contribution in [-0.4, -0.2) is 11.2 Å². The summed E-state index contributed by atoms with van der Waals surface area (Å²) in [7, 11) is 0. The molecule has 1 unspecified atom stereocenters. The van der Waals surface area contributed by atoms with Crippen LogP contribution >= 0.6 is 0 Å². The number of rotatable bonds is 3. The minimum atomic E-state index is -0.972. The fraction of sp³-hybridized carbons (Fsp3) is 0.273. The highest BCUT2D eigenvalue weighted by atomic mass is 19.1. The van der Waals surface area contributed by atoms with Crippen molar-refractivity contribution in [3.8, 4) is 0 Å². The van der Waals surface area contributed by atoms with Gasteiger partial charge in [0.25, 0.3) is 0 Å². The first-order valence-corrected chi connectivity index (χ1v) is 4.34. The number of aliphatic hydroxyl groups excluding tert-OH is 1. The van der Waals surface area contributed by atoms with Gasteiger partial charge in [-0.15, -0.1) is 0 Å². The summed E-state index contributed by atoms with van der Waals surface area (Å²) in [6.07, 6.45) is 0.781. The topological polar surface area (TPSA) is 20.2 Å². The van der Waals surface area contributed by atoms with Gasteiger partial charge in [0.15, 0.2) is 0 Å². The van der Waals surface area contributed by atoms with Gasteiger partial charge >= 0.3 is 0 Å². The van der Waals surface area contributed by atoms with E-state index in [1.807, 2.05) is 18.2 Å². The molecule has 0 aliphatic carbocycles. The number of hydrogen-bond donors (Lipinski definition) is 1. The van der Waals surface area contributed by atoms with Gasteiger partial charge in [-0.25, -0.2) is 4.39 Å². The quantitative estimate of drug-likeness (QED) is 0.758. The Morgan fingerprint density at radius 1 is 1.46 bits per heavy atom. The van der Waals surface area contributed by atoms with E-state index in [-0.39, 0.29) is 0 Å². The Hall–Kier alpha value is -1.15. The molecule has 70 valence electrons. The third-order valence-electron chi connectivity index (χ3n) is 1.81. The van der Waals surface area contributed by atoms with Crippen LogP contribution in [0.1, 0.15) is 18.9 Å². The van der Waals surface area contributed by atoms with Crippen LogP contribution in [0.2, 0.25) is 0 Å². The Morgan fingerprint density at radius 3 is 2.62 bits per heavy atom. The average Bonchev–Trinajstić information content (AvgIpc) is 2.18. The molecule has 13 heavy (non-hydrogen) atoms. The predicted molar refractivity (Wildman–Crippen MR) is 51.8 cm³/mol. The molecule has 0 heterocycles. The van der Waals surface area contributed by atoms with Crippen LogP contribution in [-0.2, 0) is 0 Å². The van der Waals surface area contributed by atoms with Gasteiger partial charge in [-0.3, -0.25) is 0 Å². The van der Waals surface area contributed by atoms with Gasteiger partial charge in [-0.1, -0.05) is 37.3 Å². The summed E-state index contributed by atoms with van der Waals surface area (Å²) >= 11 is 0. The monoisotopic (exact) mass is 180 g/mol. The lowest BCUT2D eigenvalue weighted by Gasteiger charge is -2.03. The number of halogens is 1. The molecule has 0 radical (unpaired) electrons. The van der Waals surface area contributed by atoms with Gasteiger partial charge < -0.3 is 5.11 Å². The molecule has 1 aromatic carbocycles. The summed E-state index contributed by atoms with van der Waals surface area (Å²) in [5.41, 5.74) is 0.771. The molecule has 0 fully saturated rings. The minimum absolute atomic E-state index is 0.398. The molecular weight excluding hydrogens is 167 g/mol. The van der Waals surface area contributed by atoms with Crippen molar-refractivity contribution in [2.75, 3.05) is 0 Å². The first-order valence-electron chi connectivity index (χ1n) is 4.34. The standard InChI is InChI=1S/C11H13FO/c1-2-11(13)10(12)8-9-6-4-3-5-7-9/h3-8,11,13H,2H2,1H3/b10-8-. The summed E-state index contributed by atoms with van der Waals surface area (Å²) in [6.45, 7) is 1.74. The van der Waals surface area contributed by atoms with Crippen molar-refractivity contribution in [1.29, 1.82) is 0 Å². The van der Waals surface area contributed by atoms with Crippen molar-refractivity contribution in [3.63, 3.8) is 0 Å². The Bertz CT molecular complexity index is 279. The maximum absolute atomic E-state index is 13.1. The van der Waals surface area contributed by atoms with Gasteiger partial charge in [0, 0.05) is 0 Å². The summed E-state index contributed by atoms with van der Waals surface area (Å²) in [4.78, 5) is 0. The van der Waals surface area contributed by atoms with Gasteiger partial charge in [0.05, 0.1) is 0 Å². The normalized spacial score (nSPS) is 14.2. The van der Waals surface area contributed by atoms with Crippen molar-refractivity contribution in [1.82, 2.24) is 0 Å². The molecule has 1 nitrogen and oxygen atoms in total. The lowest BCUT2D eigenvalue weighted by Crippen LogP contribution is -2.04. The molecule has 1 rings (SSSR count). The zero-order valence-corrected chi connectivity index (χ0v) is 7.57. The van der Waals surface area contributed by atoms with E-state index in [0.29, 0.717) is 6.42 Å². The van der Waals surface area contributed by atoms with Crippen LogP contribution in [0.4, 0.5) is 4.39 Å². The van der Waals surface area contributed by atoms with E-state index in [1.165, 1.54) is 6.08 Å². The summed E-state index contributed by atoms with van der Waals surface area (Å²) in [5.74, 6) is -0.478. The van der Waals surface area contributed by atoms with Crippen LogP contribution in [0.25, 0.3) is 6.08 Å². The van der Waals surface area contributed by atoms with Gasteiger partial charge in [0.1, 0.15) is 11.9 Å². The van der Waals surface area contributed by atoms with Crippen LogP contribution in [0.15, 0.2) is 36.2 Å². The molecule has 0 aromatic heterocycles. The number of aliphatic hydroxyl groups is 1. The van der Waals surface area contributed by atoms with E-state index < -0.39 is 11.9 Å². The third kappa shape index (κ3) is 2.99. The Morgan fingerprint density at radius 2 is 2.08 bits per heavy atom. The molecule has 1 atom stereocenters. The van der Waals surface area contributed by atoms with E-state index in [2.05, 4.69) is 0 Å². The summed E-state index contributed by atoms with van der Waals surface area (Å²) in [6, 6.07) is 9.12. The molecule has 1 N–H and O–H groups in total. The minimum Gasteiger partial charge on any atom is -0.386 e. The molecule has 0 aliphatic rings. The van der Waals surface area contributed by atoms with Crippen LogP contribution in [0.5, 0.6) is 0 Å². The maximum atomic E-state index is 13.1. The molecule has 2 heteroatoms. The van der Waals surface area contributed by atoms with E-state index in [0.717, 1.165) is 5.56 Å². The average molecular weight is 180 g/mol. The molecule has 0 saturated heterocycles. The van der Waals surface area contributed by atoms with Crippen LogP contribution in [0.3, 0.4) is 0 Å². The summed E-state index contributed by atoms with van der Waals surface area (Å²) in [5, 5.41) is 9.14. The lowest BCUT2D eigenvalue weighted by molar-refractivity contribution is 0.180. The summed E-state index contributed by atoms with van der Waals surface area (Å²) < 4.78 is 13.1. The van der Waals surface area contributed by atoms with Crippen LogP contribution < -0.4 is 0 Å². The number of hydrogen-bond acceptors (Lipinski definition) is 1. The predicted octanol–water partition coefficient (Wildman–Crippen LogP) is 2.77. The Balaban J connectivity index is 2.77. The van der Waals surface area contributed by atoms with E-state index in [9.17, 15) is 4.39 Å². The highest BCUT2D eigenvalue weighted by Gasteiger charge is 2.06. The van der Waals surface area contributed by atoms with Crippen molar-refractivity contribution in [2.24, 2.45) is 0 Å². The van der Waals surface area contributed by atoms with Crippen molar-refractivity contribution < 1.29 is 9.50 Å². The molecular formula is C11H13FO. The lowest BCUT2D eigenvalue weighted by atomic mass is 10.1. The van der Waals surface area contributed by atoms with Crippen molar-refractivity contribution in [3.05, 3.63) is 41.7 Å². The SMILES string of the molecule is CCC(O)/C(F)=C/c1ccccc1. The zero-order valence-electron chi connectivity index (χ0n) is 7.57. The largest absolute Gasteiger partial charge is 0.386 e. The first kappa shape index (κ1) is 9.93. The molecule has 0 saturated carbocycles. The van der Waals surface area contributed by atoms with Gasteiger partial charge in [-0.05, 0) is 18.1 Å². The Labute approximate surface area is 77.5 Å². The molecule has 0 aliphatic heterocycles.